The number of esters is 1. The Balaban J connectivity index is 1.03. The highest BCUT2D eigenvalue weighted by molar-refractivity contribution is 5.96. The van der Waals surface area contributed by atoms with Gasteiger partial charge in [-0.15, -0.1) is 0 Å². The highest BCUT2D eigenvalue weighted by atomic mass is 16.6. The average Bonchev–Trinajstić information content (AvgIpc) is 3.16. The molecular weight excluding hydrogens is 724 g/mol. The van der Waals surface area contributed by atoms with Gasteiger partial charge in [0.2, 0.25) is 11.8 Å². The maximum absolute atomic E-state index is 13.3. The summed E-state index contributed by atoms with van der Waals surface area (Å²) in [5.41, 5.74) is 2.92. The van der Waals surface area contributed by atoms with Crippen LogP contribution in [0.4, 0.5) is 5.69 Å². The van der Waals surface area contributed by atoms with Gasteiger partial charge in [-0.3, -0.25) is 14.4 Å². The Labute approximate surface area is 331 Å². The largest absolute Gasteiger partial charge is 0.460 e. The van der Waals surface area contributed by atoms with Crippen molar-refractivity contribution in [2.75, 3.05) is 117 Å². The number of hydrogen-bond acceptors (Lipinski definition) is 12. The number of para-hydroxylation sites is 1. The highest BCUT2D eigenvalue weighted by Crippen LogP contribution is 2.26. The van der Waals surface area contributed by atoms with Crippen molar-refractivity contribution in [1.82, 2.24) is 5.32 Å². The lowest BCUT2D eigenvalue weighted by atomic mass is 10.0. The van der Waals surface area contributed by atoms with Gasteiger partial charge in [-0.05, 0) is 44.5 Å². The fraction of sp³-hybridized carbons (Fsp3) is 0.595. The fourth-order valence-corrected chi connectivity index (χ4v) is 5.10. The van der Waals surface area contributed by atoms with Crippen LogP contribution < -0.4 is 10.2 Å². The molecule has 0 atom stereocenters. The van der Waals surface area contributed by atoms with Crippen molar-refractivity contribution in [3.05, 3.63) is 65.2 Å². The van der Waals surface area contributed by atoms with Crippen LogP contribution in [-0.2, 0) is 63.6 Å². The molecule has 0 spiro atoms. The van der Waals surface area contributed by atoms with Crippen molar-refractivity contribution in [3.8, 4) is 11.8 Å². The molecule has 0 radical (unpaired) electrons. The summed E-state index contributed by atoms with van der Waals surface area (Å²) in [7, 11) is 0. The monoisotopic (exact) mass is 784 g/mol. The van der Waals surface area contributed by atoms with Gasteiger partial charge in [-0.1, -0.05) is 42.2 Å². The van der Waals surface area contributed by atoms with Crippen molar-refractivity contribution >= 4 is 23.5 Å². The van der Waals surface area contributed by atoms with Crippen LogP contribution in [-0.4, -0.2) is 136 Å². The lowest BCUT2D eigenvalue weighted by Crippen LogP contribution is -2.34. The number of ether oxygens (including phenoxy) is 9. The molecule has 1 N–H and O–H groups in total. The summed E-state index contributed by atoms with van der Waals surface area (Å²) >= 11 is 0. The van der Waals surface area contributed by atoms with Gasteiger partial charge in [-0.2, -0.15) is 0 Å². The molecule has 14 nitrogen and oxygen atoms in total. The van der Waals surface area contributed by atoms with Crippen LogP contribution in [0, 0.1) is 11.8 Å². The van der Waals surface area contributed by atoms with E-state index in [2.05, 4.69) is 17.2 Å². The minimum Gasteiger partial charge on any atom is -0.460 e. The molecule has 56 heavy (non-hydrogen) atoms. The zero-order valence-corrected chi connectivity index (χ0v) is 33.3. The highest BCUT2D eigenvalue weighted by Gasteiger charge is 2.22. The van der Waals surface area contributed by atoms with E-state index in [9.17, 15) is 14.4 Å². The van der Waals surface area contributed by atoms with E-state index in [0.29, 0.717) is 119 Å². The second-order valence-corrected chi connectivity index (χ2v) is 13.5. The van der Waals surface area contributed by atoms with Crippen LogP contribution >= 0.6 is 0 Å². The van der Waals surface area contributed by atoms with E-state index in [1.807, 2.05) is 69.3 Å². The normalized spacial score (nSPS) is 12.2. The van der Waals surface area contributed by atoms with Gasteiger partial charge in [0.05, 0.1) is 124 Å². The molecule has 0 saturated heterocycles. The summed E-state index contributed by atoms with van der Waals surface area (Å²) in [5, 5.41) is 2.81. The van der Waals surface area contributed by atoms with Crippen LogP contribution in [0.5, 0.6) is 0 Å². The third kappa shape index (κ3) is 21.4. The maximum Gasteiger partial charge on any atom is 0.308 e. The quantitative estimate of drug-likeness (QED) is 0.0700. The van der Waals surface area contributed by atoms with Crippen molar-refractivity contribution < 1.29 is 57.0 Å². The molecule has 1 aliphatic heterocycles. The Morgan fingerprint density at radius 3 is 1.55 bits per heavy atom. The smallest absolute Gasteiger partial charge is 0.308 e. The predicted molar refractivity (Wildman–Crippen MR) is 209 cm³/mol. The maximum atomic E-state index is 13.3. The second-order valence-electron chi connectivity index (χ2n) is 13.5. The first-order valence-electron chi connectivity index (χ1n) is 19.3. The first-order chi connectivity index (χ1) is 27.2. The molecule has 0 unspecified atom stereocenters. The van der Waals surface area contributed by atoms with E-state index in [1.54, 1.807) is 4.90 Å². The standard InChI is InChI=1S/C42H60N2O12/c1-42(2,3)56-41(47)16-18-48-20-22-50-24-26-52-28-30-54-32-33-55-31-29-53-27-25-51-23-21-49-19-17-43-39(45)14-15-40(46)44-34-37-10-5-4-8-35(37)12-13-36-9-6-7-11-38(36)44/h4-11H,14-34H2,1-3H3,(H,43,45). The Hall–Kier alpha value is -3.91. The third-order valence-electron chi connectivity index (χ3n) is 7.78. The first-order valence-corrected chi connectivity index (χ1v) is 19.3. The summed E-state index contributed by atoms with van der Waals surface area (Å²) in [6.07, 6.45) is 0.392. The van der Waals surface area contributed by atoms with Gasteiger partial charge in [0.15, 0.2) is 0 Å². The summed E-state index contributed by atoms with van der Waals surface area (Å²) in [4.78, 5) is 39.0. The molecule has 3 rings (SSSR count). The molecular formula is C42H60N2O12. The van der Waals surface area contributed by atoms with Crippen molar-refractivity contribution in [3.63, 3.8) is 0 Å². The number of carbonyl (C=O) groups excluding carboxylic acids is 3. The van der Waals surface area contributed by atoms with Gasteiger partial charge in [-0.25, -0.2) is 0 Å². The first kappa shape index (κ1) is 46.5. The van der Waals surface area contributed by atoms with Crippen molar-refractivity contribution in [1.29, 1.82) is 0 Å². The molecule has 0 saturated carbocycles. The van der Waals surface area contributed by atoms with Crippen LogP contribution in [0.3, 0.4) is 0 Å². The van der Waals surface area contributed by atoms with Crippen molar-refractivity contribution in [2.45, 2.75) is 52.2 Å². The second kappa shape index (κ2) is 28.5. The van der Waals surface area contributed by atoms with Gasteiger partial charge in [0.1, 0.15) is 5.60 Å². The lowest BCUT2D eigenvalue weighted by molar-refractivity contribution is -0.156. The fourth-order valence-electron chi connectivity index (χ4n) is 5.10. The molecule has 2 amide bonds. The van der Waals surface area contributed by atoms with E-state index >= 15 is 0 Å². The van der Waals surface area contributed by atoms with E-state index in [1.165, 1.54) is 0 Å². The number of anilines is 1. The van der Waals surface area contributed by atoms with E-state index in [4.69, 9.17) is 42.6 Å². The summed E-state index contributed by atoms with van der Waals surface area (Å²) in [5.74, 6) is 5.79. The molecule has 14 heteroatoms. The number of benzene rings is 2. The van der Waals surface area contributed by atoms with E-state index < -0.39 is 5.60 Å². The Kier molecular flexibility index (Phi) is 23.6. The molecule has 1 aliphatic rings. The van der Waals surface area contributed by atoms with E-state index in [-0.39, 0.29) is 37.0 Å². The average molecular weight is 785 g/mol. The number of nitrogens with one attached hydrogen (secondary N) is 1. The Morgan fingerprint density at radius 1 is 0.571 bits per heavy atom. The molecule has 310 valence electrons. The number of fused-ring (bicyclic) bond motifs is 2. The molecule has 2 aromatic rings. The molecule has 0 bridgehead atoms. The van der Waals surface area contributed by atoms with Gasteiger partial charge in [0, 0.05) is 30.5 Å². The number of hydrogen-bond donors (Lipinski definition) is 1. The predicted octanol–water partition coefficient (Wildman–Crippen LogP) is 3.69. The topological polar surface area (TPSA) is 150 Å². The van der Waals surface area contributed by atoms with Crippen LogP contribution in [0.15, 0.2) is 48.5 Å². The molecule has 0 aromatic heterocycles. The molecule has 0 fully saturated rings. The summed E-state index contributed by atoms with van der Waals surface area (Å²) in [6.45, 7) is 13.1. The SMILES string of the molecule is CC(C)(C)OC(=O)CCOCCOCCOCCOCCOCCOCCOCCOCCNC(=O)CCC(=O)N1Cc2ccccc2C#Cc2ccccc21. The molecule has 1 heterocycles. The lowest BCUT2D eigenvalue weighted by Gasteiger charge is -2.26. The minimum atomic E-state index is -0.484. The number of carbonyl (C=O) groups is 3. The third-order valence-corrected chi connectivity index (χ3v) is 7.78. The molecule has 2 aromatic carbocycles. The van der Waals surface area contributed by atoms with Crippen LogP contribution in [0.1, 0.15) is 56.7 Å². The minimum absolute atomic E-state index is 0.0840. The Morgan fingerprint density at radius 2 is 1.02 bits per heavy atom. The summed E-state index contributed by atoms with van der Waals surface area (Å²) in [6, 6.07) is 15.4. The van der Waals surface area contributed by atoms with Gasteiger partial charge in [0.25, 0.3) is 0 Å². The Bertz CT molecular complexity index is 1490. The number of amides is 2. The van der Waals surface area contributed by atoms with Gasteiger partial charge < -0.3 is 52.8 Å². The van der Waals surface area contributed by atoms with E-state index in [0.717, 1.165) is 22.4 Å². The number of nitrogens with zero attached hydrogens (tertiary/aromatic N) is 1. The van der Waals surface area contributed by atoms with Crippen LogP contribution in [0.25, 0.3) is 0 Å². The zero-order valence-electron chi connectivity index (χ0n) is 33.3. The van der Waals surface area contributed by atoms with Crippen molar-refractivity contribution in [2.24, 2.45) is 0 Å². The van der Waals surface area contributed by atoms with Crippen LogP contribution in [0.2, 0.25) is 0 Å². The summed E-state index contributed by atoms with van der Waals surface area (Å²) < 4.78 is 49.0. The van der Waals surface area contributed by atoms with Gasteiger partial charge >= 0.3 is 5.97 Å². The molecule has 0 aliphatic carbocycles. The zero-order chi connectivity index (χ0) is 40.1. The number of rotatable bonds is 30.